The summed E-state index contributed by atoms with van der Waals surface area (Å²) in [5.74, 6) is 0.371. The monoisotopic (exact) mass is 312 g/mol. The zero-order valence-corrected chi connectivity index (χ0v) is 13.1. The van der Waals surface area contributed by atoms with Crippen molar-refractivity contribution < 1.29 is 13.2 Å². The van der Waals surface area contributed by atoms with Gasteiger partial charge in [0.25, 0.3) is 0 Å². The van der Waals surface area contributed by atoms with Crippen molar-refractivity contribution in [1.82, 2.24) is 10.0 Å². The summed E-state index contributed by atoms with van der Waals surface area (Å²) in [6.07, 6.45) is 3.06. The smallest absolute Gasteiger partial charge is 0.211 e. The number of rotatable bonds is 5. The van der Waals surface area contributed by atoms with Crippen LogP contribution in [-0.2, 0) is 14.8 Å². The van der Waals surface area contributed by atoms with Crippen molar-refractivity contribution in [3.63, 3.8) is 0 Å². The highest BCUT2D eigenvalue weighted by Gasteiger charge is 2.29. The molecule has 7 heteroatoms. The van der Waals surface area contributed by atoms with Gasteiger partial charge in [-0.25, -0.2) is 13.1 Å². The van der Waals surface area contributed by atoms with Gasteiger partial charge in [-0.1, -0.05) is 6.92 Å². The second kappa shape index (κ2) is 7.22. The van der Waals surface area contributed by atoms with E-state index in [-0.39, 0.29) is 29.5 Å². The minimum absolute atomic E-state index is 0. The lowest BCUT2D eigenvalue weighted by Crippen LogP contribution is -2.46. The summed E-state index contributed by atoms with van der Waals surface area (Å²) in [4.78, 5) is 0. The van der Waals surface area contributed by atoms with Crippen LogP contribution in [0.1, 0.15) is 26.2 Å². The van der Waals surface area contributed by atoms with Crippen LogP contribution < -0.4 is 10.0 Å². The molecule has 0 radical (unpaired) electrons. The van der Waals surface area contributed by atoms with Gasteiger partial charge in [0.05, 0.1) is 12.4 Å². The highest BCUT2D eigenvalue weighted by molar-refractivity contribution is 7.89. The first-order valence-corrected chi connectivity index (χ1v) is 8.40. The molecule has 2 atom stereocenters. The lowest BCUT2D eigenvalue weighted by molar-refractivity contribution is 0.188. The third-order valence-electron chi connectivity index (χ3n) is 3.88. The van der Waals surface area contributed by atoms with Crippen LogP contribution in [-0.4, -0.2) is 47.0 Å². The molecule has 0 aromatic rings. The number of nitrogens with one attached hydrogen (secondary N) is 2. The molecule has 0 amide bonds. The van der Waals surface area contributed by atoms with Crippen molar-refractivity contribution >= 4 is 22.4 Å². The van der Waals surface area contributed by atoms with Crippen LogP contribution >= 0.6 is 12.4 Å². The summed E-state index contributed by atoms with van der Waals surface area (Å²) in [5.41, 5.74) is 0.0531. The minimum Gasteiger partial charge on any atom is -0.381 e. The highest BCUT2D eigenvalue weighted by atomic mass is 35.5. The molecular formula is C12H25ClN2O3S. The van der Waals surface area contributed by atoms with E-state index in [0.717, 1.165) is 32.4 Å². The van der Waals surface area contributed by atoms with Crippen molar-refractivity contribution in [3.05, 3.63) is 0 Å². The van der Waals surface area contributed by atoms with Gasteiger partial charge < -0.3 is 10.1 Å². The van der Waals surface area contributed by atoms with Crippen molar-refractivity contribution in [3.8, 4) is 0 Å². The predicted octanol–water partition coefficient (Wildman–Crippen LogP) is 0.754. The van der Waals surface area contributed by atoms with E-state index in [2.05, 4.69) is 17.0 Å². The molecule has 0 spiro atoms. The Morgan fingerprint density at radius 1 is 1.47 bits per heavy atom. The summed E-state index contributed by atoms with van der Waals surface area (Å²) < 4.78 is 32.0. The van der Waals surface area contributed by atoms with Gasteiger partial charge in [-0.15, -0.1) is 12.4 Å². The minimum atomic E-state index is -3.16. The molecule has 0 aliphatic carbocycles. The van der Waals surface area contributed by atoms with Gasteiger partial charge in [-0.3, -0.25) is 0 Å². The molecule has 19 heavy (non-hydrogen) atoms. The standard InChI is InChI=1S/C12H24N2O3S.ClH/c1-12(4-2-5-13-9-12)10-14-18(15,16)8-11-3-6-17-7-11;/h11,13-14H,2-10H2,1H3;1H. The maximum atomic E-state index is 12.0. The highest BCUT2D eigenvalue weighted by Crippen LogP contribution is 2.24. The third kappa shape index (κ3) is 5.55. The van der Waals surface area contributed by atoms with Gasteiger partial charge in [0.15, 0.2) is 0 Å². The Balaban J connectivity index is 0.00000180. The van der Waals surface area contributed by atoms with Crippen molar-refractivity contribution in [2.45, 2.75) is 26.2 Å². The largest absolute Gasteiger partial charge is 0.381 e. The third-order valence-corrected chi connectivity index (χ3v) is 5.38. The number of ether oxygens (including phenoxy) is 1. The number of piperidine rings is 1. The first-order chi connectivity index (χ1) is 8.49. The lowest BCUT2D eigenvalue weighted by Gasteiger charge is -2.34. The number of sulfonamides is 1. The molecule has 2 rings (SSSR count). The van der Waals surface area contributed by atoms with E-state index in [1.165, 1.54) is 0 Å². The Kier molecular flexibility index (Phi) is 6.53. The molecule has 2 saturated heterocycles. The molecule has 2 unspecified atom stereocenters. The second-order valence-electron chi connectivity index (χ2n) is 5.92. The van der Waals surface area contributed by atoms with Crippen molar-refractivity contribution in [2.24, 2.45) is 11.3 Å². The van der Waals surface area contributed by atoms with E-state index in [4.69, 9.17) is 4.74 Å². The second-order valence-corrected chi connectivity index (χ2v) is 7.77. The van der Waals surface area contributed by atoms with Crippen LogP contribution in [0.3, 0.4) is 0 Å². The molecule has 0 aromatic carbocycles. The summed E-state index contributed by atoms with van der Waals surface area (Å²) in [6, 6.07) is 0. The average Bonchev–Trinajstić information content (AvgIpc) is 2.80. The maximum Gasteiger partial charge on any atom is 0.211 e. The molecule has 2 aliphatic heterocycles. The van der Waals surface area contributed by atoms with Crippen LogP contribution in [0.25, 0.3) is 0 Å². The fraction of sp³-hybridized carbons (Fsp3) is 1.00. The Morgan fingerprint density at radius 3 is 2.84 bits per heavy atom. The van der Waals surface area contributed by atoms with Gasteiger partial charge in [0.2, 0.25) is 10.0 Å². The van der Waals surface area contributed by atoms with Crippen LogP contribution in [0.2, 0.25) is 0 Å². The Labute approximate surface area is 122 Å². The van der Waals surface area contributed by atoms with Crippen LogP contribution in [0, 0.1) is 11.3 Å². The molecule has 2 heterocycles. The van der Waals surface area contributed by atoms with Gasteiger partial charge in [0, 0.05) is 19.7 Å². The van der Waals surface area contributed by atoms with E-state index >= 15 is 0 Å². The number of halogens is 1. The molecule has 2 fully saturated rings. The number of hydrogen-bond acceptors (Lipinski definition) is 4. The van der Waals surface area contributed by atoms with Crippen LogP contribution in [0.4, 0.5) is 0 Å². The first-order valence-electron chi connectivity index (χ1n) is 6.75. The predicted molar refractivity (Wildman–Crippen MR) is 78.2 cm³/mol. The van der Waals surface area contributed by atoms with E-state index in [0.29, 0.717) is 19.8 Å². The summed E-state index contributed by atoms with van der Waals surface area (Å²) >= 11 is 0. The SMILES string of the molecule is CC1(CNS(=O)(=O)CC2CCOC2)CCCNC1.Cl. The van der Waals surface area contributed by atoms with Crippen LogP contribution in [0.15, 0.2) is 0 Å². The summed E-state index contributed by atoms with van der Waals surface area (Å²) in [7, 11) is -3.16. The summed E-state index contributed by atoms with van der Waals surface area (Å²) in [5, 5.41) is 3.33. The Morgan fingerprint density at radius 2 is 2.26 bits per heavy atom. The molecule has 114 valence electrons. The van der Waals surface area contributed by atoms with Crippen molar-refractivity contribution in [1.29, 1.82) is 0 Å². The molecule has 2 N–H and O–H groups in total. The normalized spacial score (nSPS) is 31.9. The van der Waals surface area contributed by atoms with Gasteiger partial charge in [0.1, 0.15) is 0 Å². The van der Waals surface area contributed by atoms with E-state index in [9.17, 15) is 8.42 Å². The van der Waals surface area contributed by atoms with Crippen molar-refractivity contribution in [2.75, 3.05) is 38.6 Å². The van der Waals surface area contributed by atoms with Gasteiger partial charge in [-0.2, -0.15) is 0 Å². The Bertz CT molecular complexity index is 363. The maximum absolute atomic E-state index is 12.0. The number of hydrogen-bond donors (Lipinski definition) is 2. The van der Waals surface area contributed by atoms with Gasteiger partial charge in [-0.05, 0) is 37.1 Å². The first kappa shape index (κ1) is 17.2. The zero-order chi connectivity index (χ0) is 13.1. The molecule has 0 saturated carbocycles. The van der Waals surface area contributed by atoms with E-state index in [1.54, 1.807) is 0 Å². The molecule has 5 nitrogen and oxygen atoms in total. The topological polar surface area (TPSA) is 67.4 Å². The molecular weight excluding hydrogens is 288 g/mol. The van der Waals surface area contributed by atoms with Crippen LogP contribution in [0.5, 0.6) is 0 Å². The quantitative estimate of drug-likeness (QED) is 0.786. The lowest BCUT2D eigenvalue weighted by atomic mass is 9.83. The van der Waals surface area contributed by atoms with E-state index < -0.39 is 10.0 Å². The fourth-order valence-corrected chi connectivity index (χ4v) is 4.21. The molecule has 0 bridgehead atoms. The molecule has 0 aromatic heterocycles. The fourth-order valence-electron chi connectivity index (χ4n) is 2.64. The van der Waals surface area contributed by atoms with Gasteiger partial charge >= 0.3 is 0 Å². The average molecular weight is 313 g/mol. The molecule has 2 aliphatic rings. The Hall–Kier alpha value is 0.120. The summed E-state index contributed by atoms with van der Waals surface area (Å²) in [6.45, 7) is 5.89. The zero-order valence-electron chi connectivity index (χ0n) is 11.5. The van der Waals surface area contributed by atoms with E-state index in [1.807, 2.05) is 0 Å².